The van der Waals surface area contributed by atoms with Crippen LogP contribution in [0.1, 0.15) is 32.3 Å². The zero-order valence-electron chi connectivity index (χ0n) is 8.82. The Morgan fingerprint density at radius 3 is 2.71 bits per heavy atom. The molecule has 1 aromatic heterocycles. The quantitative estimate of drug-likeness (QED) is 0.798. The van der Waals surface area contributed by atoms with Gasteiger partial charge >= 0.3 is 5.97 Å². The molecule has 0 aromatic carbocycles. The number of hydrogen-bond acceptors (Lipinski definition) is 2. The Kier molecular flexibility index (Phi) is 2.93. The largest absolute Gasteiger partial charge is 0.479 e. The normalized spacial score (nSPS) is 15.1. The maximum Gasteiger partial charge on any atom is 0.331 e. The second-order valence-corrected chi connectivity index (χ2v) is 3.79. The molecule has 1 aromatic rings. The van der Waals surface area contributed by atoms with Crippen LogP contribution < -0.4 is 0 Å². The molecule has 14 heavy (non-hydrogen) atoms. The van der Waals surface area contributed by atoms with Crippen molar-refractivity contribution in [3.05, 3.63) is 18.0 Å². The van der Waals surface area contributed by atoms with Crippen LogP contribution in [0.4, 0.5) is 0 Å². The van der Waals surface area contributed by atoms with Crippen LogP contribution in [0.25, 0.3) is 0 Å². The van der Waals surface area contributed by atoms with Crippen molar-refractivity contribution in [2.24, 2.45) is 0 Å². The van der Waals surface area contributed by atoms with Crippen LogP contribution in [0.15, 0.2) is 12.4 Å². The van der Waals surface area contributed by atoms with Crippen molar-refractivity contribution >= 4 is 5.97 Å². The van der Waals surface area contributed by atoms with Gasteiger partial charge in [0, 0.05) is 6.20 Å². The number of aryl methyl sites for hydroxylation is 1. The van der Waals surface area contributed by atoms with Crippen LogP contribution in [0.2, 0.25) is 0 Å². The number of aliphatic carboxylic acids is 1. The lowest BCUT2D eigenvalue weighted by atomic mass is 9.97. The predicted octanol–water partition coefficient (Wildman–Crippen LogP) is 1.79. The van der Waals surface area contributed by atoms with Crippen LogP contribution in [-0.2, 0) is 10.3 Å². The maximum absolute atomic E-state index is 11.2. The van der Waals surface area contributed by atoms with Crippen molar-refractivity contribution < 1.29 is 9.90 Å². The van der Waals surface area contributed by atoms with Gasteiger partial charge in [-0.3, -0.25) is 4.68 Å². The Labute approximate surface area is 83.5 Å². The van der Waals surface area contributed by atoms with Crippen LogP contribution in [-0.4, -0.2) is 20.9 Å². The van der Waals surface area contributed by atoms with Gasteiger partial charge in [-0.15, -0.1) is 0 Å². The average Bonchev–Trinajstić information content (AvgIpc) is 2.52. The first-order chi connectivity index (χ1) is 6.50. The van der Waals surface area contributed by atoms with Gasteiger partial charge in [-0.1, -0.05) is 13.3 Å². The van der Waals surface area contributed by atoms with E-state index in [1.54, 1.807) is 19.3 Å². The molecule has 1 atom stereocenters. The van der Waals surface area contributed by atoms with E-state index in [0.29, 0.717) is 6.42 Å². The summed E-state index contributed by atoms with van der Waals surface area (Å²) >= 11 is 0. The summed E-state index contributed by atoms with van der Waals surface area (Å²) in [7, 11) is 0. The van der Waals surface area contributed by atoms with Crippen LogP contribution in [0.3, 0.4) is 0 Å². The third kappa shape index (κ3) is 1.78. The molecule has 1 unspecified atom stereocenters. The molecule has 0 aliphatic heterocycles. The van der Waals surface area contributed by atoms with Gasteiger partial charge in [0.1, 0.15) is 0 Å². The minimum Gasteiger partial charge on any atom is -0.479 e. The molecule has 0 aliphatic carbocycles. The molecule has 1 N–H and O–H groups in total. The van der Waals surface area contributed by atoms with Crippen LogP contribution in [0.5, 0.6) is 0 Å². The fraction of sp³-hybridized carbons (Fsp3) is 0.600. The second kappa shape index (κ2) is 3.82. The van der Waals surface area contributed by atoms with E-state index in [4.69, 9.17) is 5.11 Å². The Hall–Kier alpha value is -1.32. The third-order valence-corrected chi connectivity index (χ3v) is 2.41. The summed E-state index contributed by atoms with van der Waals surface area (Å²) in [4.78, 5) is 11.2. The highest BCUT2D eigenvalue weighted by atomic mass is 16.4. The summed E-state index contributed by atoms with van der Waals surface area (Å²) in [5.74, 6) is -0.831. The average molecular weight is 196 g/mol. The molecular formula is C10H16N2O2. The second-order valence-electron chi connectivity index (χ2n) is 3.79. The summed E-state index contributed by atoms with van der Waals surface area (Å²) in [6.45, 7) is 5.57. The Bertz CT molecular complexity index is 333. The van der Waals surface area contributed by atoms with Gasteiger partial charge in [-0.2, -0.15) is 5.10 Å². The molecule has 0 saturated heterocycles. The van der Waals surface area contributed by atoms with Crippen LogP contribution >= 0.6 is 0 Å². The van der Waals surface area contributed by atoms with E-state index in [9.17, 15) is 4.79 Å². The Morgan fingerprint density at radius 2 is 2.36 bits per heavy atom. The van der Waals surface area contributed by atoms with Gasteiger partial charge in [0.05, 0.1) is 6.20 Å². The highest BCUT2D eigenvalue weighted by Gasteiger charge is 2.34. The van der Waals surface area contributed by atoms with Crippen molar-refractivity contribution in [1.82, 2.24) is 9.78 Å². The highest BCUT2D eigenvalue weighted by molar-refractivity contribution is 5.76. The van der Waals surface area contributed by atoms with Gasteiger partial charge < -0.3 is 5.11 Å². The first kappa shape index (κ1) is 10.8. The minimum absolute atomic E-state index is 0.587. The number of rotatable bonds is 4. The lowest BCUT2D eigenvalue weighted by Gasteiger charge is -2.24. The fourth-order valence-corrected chi connectivity index (χ4v) is 1.49. The molecule has 0 spiro atoms. The first-order valence-corrected chi connectivity index (χ1v) is 4.76. The molecule has 0 bridgehead atoms. The summed E-state index contributed by atoms with van der Waals surface area (Å²) in [6, 6.07) is 0. The van der Waals surface area contributed by atoms with E-state index in [1.807, 2.05) is 13.8 Å². The van der Waals surface area contributed by atoms with Crippen molar-refractivity contribution in [2.45, 2.75) is 39.2 Å². The van der Waals surface area contributed by atoms with E-state index < -0.39 is 11.5 Å². The molecule has 0 amide bonds. The number of aromatic nitrogens is 2. The summed E-state index contributed by atoms with van der Waals surface area (Å²) < 4.78 is 1.54. The molecule has 4 nitrogen and oxygen atoms in total. The molecular weight excluding hydrogens is 180 g/mol. The molecule has 0 radical (unpaired) electrons. The van der Waals surface area contributed by atoms with E-state index >= 15 is 0 Å². The number of carbonyl (C=O) groups is 1. The van der Waals surface area contributed by atoms with Crippen molar-refractivity contribution in [3.8, 4) is 0 Å². The lowest BCUT2D eigenvalue weighted by molar-refractivity contribution is -0.147. The molecule has 0 fully saturated rings. The number of hydrogen-bond donors (Lipinski definition) is 1. The molecule has 0 aliphatic rings. The zero-order chi connectivity index (χ0) is 10.8. The molecule has 4 heteroatoms. The van der Waals surface area contributed by atoms with Gasteiger partial charge in [-0.25, -0.2) is 4.79 Å². The van der Waals surface area contributed by atoms with Crippen molar-refractivity contribution in [1.29, 1.82) is 0 Å². The Morgan fingerprint density at radius 1 is 1.71 bits per heavy atom. The monoisotopic (exact) mass is 196 g/mol. The van der Waals surface area contributed by atoms with Gasteiger partial charge in [-0.05, 0) is 25.8 Å². The number of carboxylic acids is 1. The number of nitrogens with zero attached hydrogens (tertiary/aromatic N) is 2. The van der Waals surface area contributed by atoms with Crippen molar-refractivity contribution in [2.75, 3.05) is 0 Å². The van der Waals surface area contributed by atoms with Crippen LogP contribution in [0, 0.1) is 6.92 Å². The van der Waals surface area contributed by atoms with Gasteiger partial charge in [0.2, 0.25) is 0 Å². The molecule has 1 heterocycles. The molecule has 0 saturated carbocycles. The van der Waals surface area contributed by atoms with E-state index in [0.717, 1.165) is 12.0 Å². The topological polar surface area (TPSA) is 55.1 Å². The molecule has 78 valence electrons. The SMILES string of the molecule is CCCC(C)(C(=O)O)n1cc(C)cn1. The fourth-order valence-electron chi connectivity index (χ4n) is 1.49. The molecule has 1 rings (SSSR count). The summed E-state index contributed by atoms with van der Waals surface area (Å²) in [5.41, 5.74) is 0.0665. The van der Waals surface area contributed by atoms with Crippen molar-refractivity contribution in [3.63, 3.8) is 0 Å². The third-order valence-electron chi connectivity index (χ3n) is 2.41. The highest BCUT2D eigenvalue weighted by Crippen LogP contribution is 2.22. The first-order valence-electron chi connectivity index (χ1n) is 4.76. The summed E-state index contributed by atoms with van der Waals surface area (Å²) in [6.07, 6.45) is 4.85. The zero-order valence-corrected chi connectivity index (χ0v) is 8.82. The van der Waals surface area contributed by atoms with E-state index in [1.165, 1.54) is 4.68 Å². The van der Waals surface area contributed by atoms with Gasteiger partial charge in [0.25, 0.3) is 0 Å². The van der Waals surface area contributed by atoms with Gasteiger partial charge in [0.15, 0.2) is 5.54 Å². The standard InChI is InChI=1S/C10H16N2O2/c1-4-5-10(3,9(13)14)12-7-8(2)6-11-12/h6-7H,4-5H2,1-3H3,(H,13,14). The lowest BCUT2D eigenvalue weighted by Crippen LogP contribution is -2.39. The van der Waals surface area contributed by atoms with E-state index in [-0.39, 0.29) is 0 Å². The predicted molar refractivity (Wildman–Crippen MR) is 53.2 cm³/mol. The van der Waals surface area contributed by atoms with E-state index in [2.05, 4.69) is 5.10 Å². The summed E-state index contributed by atoms with van der Waals surface area (Å²) in [5, 5.41) is 13.2. The number of carboxylic acid groups (broad SMARTS) is 1. The Balaban J connectivity index is 3.05. The minimum atomic E-state index is -0.914. The maximum atomic E-state index is 11.2. The smallest absolute Gasteiger partial charge is 0.331 e.